The first-order chi connectivity index (χ1) is 27.8. The molecule has 0 saturated heterocycles. The number of nitrogens with two attached hydrogens (primary N) is 1. The Morgan fingerprint density at radius 3 is 1.47 bits per heavy atom. The van der Waals surface area contributed by atoms with E-state index in [1.54, 1.807) is 73.8 Å². The second kappa shape index (κ2) is 19.4. The van der Waals surface area contributed by atoms with Crippen LogP contribution in [-0.2, 0) is 28.5 Å². The molecule has 0 unspecified atom stereocenters. The van der Waals surface area contributed by atoms with Crippen LogP contribution in [0.15, 0.2) is 104 Å². The van der Waals surface area contributed by atoms with Crippen molar-refractivity contribution in [3.63, 3.8) is 0 Å². The fourth-order valence-corrected chi connectivity index (χ4v) is 6.99. The molecule has 0 amide bonds. The maximum absolute atomic E-state index is 12.8. The number of sulfonamides is 1. The van der Waals surface area contributed by atoms with Crippen molar-refractivity contribution >= 4 is 53.5 Å². The Balaban J connectivity index is 0.000000217. The third-order valence-corrected chi connectivity index (χ3v) is 11.4. The molecule has 2 heterocycles. The van der Waals surface area contributed by atoms with Crippen molar-refractivity contribution < 1.29 is 54.4 Å². The lowest BCUT2D eigenvalue weighted by molar-refractivity contribution is 0.0593. The molecule has 0 aliphatic carbocycles. The first-order valence-electron chi connectivity index (χ1n) is 17.2. The van der Waals surface area contributed by atoms with Gasteiger partial charge in [-0.25, -0.2) is 31.1 Å². The highest BCUT2D eigenvalue weighted by molar-refractivity contribution is 8.13. The van der Waals surface area contributed by atoms with Crippen LogP contribution in [0.3, 0.4) is 0 Å². The number of ether oxygens (including phenoxy) is 4. The second-order valence-electron chi connectivity index (χ2n) is 12.5. The van der Waals surface area contributed by atoms with Gasteiger partial charge in [0.25, 0.3) is 25.0 Å². The lowest BCUT2D eigenvalue weighted by Crippen LogP contribution is -2.15. The van der Waals surface area contributed by atoms with Crippen LogP contribution in [0.5, 0.6) is 11.5 Å². The Morgan fingerprint density at radius 1 is 0.610 bits per heavy atom. The molecule has 6 aromatic rings. The Labute approximate surface area is 345 Å². The number of nitrogens with one attached hydrogen (secondary N) is 1. The summed E-state index contributed by atoms with van der Waals surface area (Å²) in [5.41, 5.74) is 11.0. The molecule has 0 atom stereocenters. The number of nitrogens with zero attached hydrogens (tertiary/aromatic N) is 2. The molecule has 16 nitrogen and oxygen atoms in total. The van der Waals surface area contributed by atoms with Gasteiger partial charge in [-0.3, -0.25) is 0 Å². The van der Waals surface area contributed by atoms with Gasteiger partial charge in [-0.15, -0.1) is 0 Å². The number of aromatic nitrogens is 2. The van der Waals surface area contributed by atoms with E-state index in [1.165, 1.54) is 39.5 Å². The Kier molecular flexibility index (Phi) is 14.9. The molecule has 312 valence electrons. The smallest absolute Gasteiger partial charge is 0.345 e. The molecular weight excluding hydrogens is 828 g/mol. The number of methoxy groups -OCH3 is 4. The van der Waals surface area contributed by atoms with Crippen molar-refractivity contribution in [2.24, 2.45) is 0 Å². The van der Waals surface area contributed by atoms with Crippen LogP contribution in [0.1, 0.15) is 43.0 Å². The average molecular weight is 869 g/mol. The number of anilines is 2. The normalized spacial score (nSPS) is 10.9. The van der Waals surface area contributed by atoms with Gasteiger partial charge in [-0.2, -0.15) is 0 Å². The number of hydrogen-bond donors (Lipinski definition) is 2. The monoisotopic (exact) mass is 868 g/mol. The van der Waals surface area contributed by atoms with Crippen molar-refractivity contribution in [3.05, 3.63) is 118 Å². The standard InChI is InChI=1S/C20H20N2O6S.C12H12N2O4.C8H9ClO2S/c1-12-5-10-16(11-13(12)2)29(24,25)22-19-17(20(23)27-4)18(21-28-19)14-6-8-15(26-3)9-7-14;1-16-8-5-3-7(4-6-8)10-9(12(15)17-2)11(13)18-14-10;1-6-3-4-8(5-7(6)2)12(9,10)11/h5-11,22H,1-4H3;3-6H,13H2,1-2H3;3-5H,1-2H3. The fourth-order valence-electron chi connectivity index (χ4n) is 5.07. The maximum atomic E-state index is 12.8. The topological polar surface area (TPSA) is 229 Å². The van der Waals surface area contributed by atoms with Gasteiger partial charge in [0.1, 0.15) is 22.9 Å². The summed E-state index contributed by atoms with van der Waals surface area (Å²) >= 11 is 0. The molecule has 6 rings (SSSR count). The van der Waals surface area contributed by atoms with Gasteiger partial charge in [-0.1, -0.05) is 22.4 Å². The fraction of sp³-hybridized carbons (Fsp3) is 0.200. The second-order valence-corrected chi connectivity index (χ2v) is 16.7. The van der Waals surface area contributed by atoms with Crippen LogP contribution in [0.4, 0.5) is 11.8 Å². The van der Waals surface area contributed by atoms with E-state index in [-0.39, 0.29) is 38.4 Å². The highest BCUT2D eigenvalue weighted by atomic mass is 35.7. The van der Waals surface area contributed by atoms with E-state index in [9.17, 15) is 26.4 Å². The molecule has 3 N–H and O–H groups in total. The number of carbonyl (C=O) groups excluding carboxylic acids is 2. The van der Waals surface area contributed by atoms with Gasteiger partial charge in [0.2, 0.25) is 5.88 Å². The number of hydrogen-bond acceptors (Lipinski definition) is 15. The van der Waals surface area contributed by atoms with Crippen molar-refractivity contribution in [1.29, 1.82) is 0 Å². The van der Waals surface area contributed by atoms with Gasteiger partial charge in [-0.05, 0) is 123 Å². The molecular formula is C40H41ClN4O12S2. The van der Waals surface area contributed by atoms with Gasteiger partial charge in [0, 0.05) is 21.8 Å². The molecule has 4 aromatic carbocycles. The minimum Gasteiger partial charge on any atom is -0.497 e. The average Bonchev–Trinajstić information content (AvgIpc) is 3.82. The van der Waals surface area contributed by atoms with Gasteiger partial charge >= 0.3 is 11.9 Å². The Bertz CT molecular complexity index is 2660. The molecule has 0 fully saturated rings. The summed E-state index contributed by atoms with van der Waals surface area (Å²) in [4.78, 5) is 24.1. The predicted octanol–water partition coefficient (Wildman–Crippen LogP) is 7.50. The van der Waals surface area contributed by atoms with Crippen LogP contribution in [-0.4, -0.2) is 67.5 Å². The summed E-state index contributed by atoms with van der Waals surface area (Å²) in [5.74, 6) is -0.426. The van der Waals surface area contributed by atoms with E-state index >= 15 is 0 Å². The number of benzene rings is 4. The molecule has 0 radical (unpaired) electrons. The summed E-state index contributed by atoms with van der Waals surface area (Å²) in [7, 11) is 3.14. The van der Waals surface area contributed by atoms with Crippen LogP contribution >= 0.6 is 10.7 Å². The third-order valence-electron chi connectivity index (χ3n) is 8.69. The van der Waals surface area contributed by atoms with E-state index in [0.29, 0.717) is 28.3 Å². The van der Waals surface area contributed by atoms with Crippen LogP contribution < -0.4 is 19.9 Å². The summed E-state index contributed by atoms with van der Waals surface area (Å²) in [5, 5.41) is 7.65. The Hall–Kier alpha value is -6.37. The zero-order valence-corrected chi connectivity index (χ0v) is 35.5. The minimum absolute atomic E-state index is 0.0406. The number of halogens is 1. The quantitative estimate of drug-likeness (QED) is 0.100. The van der Waals surface area contributed by atoms with Crippen molar-refractivity contribution in [2.45, 2.75) is 37.5 Å². The maximum Gasteiger partial charge on any atom is 0.345 e. The summed E-state index contributed by atoms with van der Waals surface area (Å²) in [6.45, 7) is 7.46. The molecule has 0 saturated carbocycles. The van der Waals surface area contributed by atoms with Crippen LogP contribution in [0.25, 0.3) is 22.5 Å². The number of rotatable bonds is 10. The lowest BCUT2D eigenvalue weighted by atomic mass is 10.1. The minimum atomic E-state index is -4.01. The van der Waals surface area contributed by atoms with Crippen LogP contribution in [0, 0.1) is 27.7 Å². The molecule has 0 aliphatic heterocycles. The molecule has 0 aliphatic rings. The van der Waals surface area contributed by atoms with E-state index in [2.05, 4.69) is 19.8 Å². The van der Waals surface area contributed by atoms with E-state index in [1.807, 2.05) is 27.7 Å². The number of carbonyl (C=O) groups is 2. The van der Waals surface area contributed by atoms with Gasteiger partial charge < -0.3 is 33.7 Å². The zero-order chi connectivity index (χ0) is 43.7. The Morgan fingerprint density at radius 2 is 1.03 bits per heavy atom. The lowest BCUT2D eigenvalue weighted by Gasteiger charge is -2.09. The predicted molar refractivity (Wildman–Crippen MR) is 220 cm³/mol. The van der Waals surface area contributed by atoms with E-state index in [0.717, 1.165) is 22.3 Å². The van der Waals surface area contributed by atoms with Crippen LogP contribution in [0.2, 0.25) is 0 Å². The third kappa shape index (κ3) is 11.2. The molecule has 59 heavy (non-hydrogen) atoms. The summed E-state index contributed by atoms with van der Waals surface area (Å²) in [6.07, 6.45) is 0. The van der Waals surface area contributed by atoms with Crippen molar-refractivity contribution in [1.82, 2.24) is 10.3 Å². The first kappa shape index (κ1) is 45.3. The SMILES string of the molecule is COC(=O)c1c(-c2ccc(OC)cc2)noc1N.COC(=O)c1c(-c2ccc(OC)cc2)noc1NS(=O)(=O)c1ccc(C)c(C)c1.Cc1ccc(S(=O)(=O)Cl)cc1C. The van der Waals surface area contributed by atoms with Gasteiger partial charge in [0.05, 0.1) is 38.2 Å². The molecule has 2 aromatic heterocycles. The van der Waals surface area contributed by atoms with Crippen molar-refractivity contribution in [2.75, 3.05) is 38.9 Å². The molecule has 0 bridgehead atoms. The number of aryl methyl sites for hydroxylation is 4. The highest BCUT2D eigenvalue weighted by Crippen LogP contribution is 2.33. The van der Waals surface area contributed by atoms with Crippen molar-refractivity contribution in [3.8, 4) is 34.0 Å². The largest absolute Gasteiger partial charge is 0.497 e. The molecule has 0 spiro atoms. The van der Waals surface area contributed by atoms with E-state index in [4.69, 9.17) is 39.7 Å². The number of nitrogen functional groups attached to an aromatic ring is 1. The zero-order valence-electron chi connectivity index (χ0n) is 33.1. The number of esters is 2. The molecule has 19 heteroatoms. The summed E-state index contributed by atoms with van der Waals surface area (Å²) in [6, 6.07) is 23.2. The first-order valence-corrected chi connectivity index (χ1v) is 21.0. The highest BCUT2D eigenvalue weighted by Gasteiger charge is 2.29. The summed E-state index contributed by atoms with van der Waals surface area (Å²) < 4.78 is 79.2. The van der Waals surface area contributed by atoms with Gasteiger partial charge in [0.15, 0.2) is 11.1 Å². The van der Waals surface area contributed by atoms with E-state index < -0.39 is 31.0 Å².